The molecule has 0 unspecified atom stereocenters. The van der Waals surface area contributed by atoms with Crippen molar-refractivity contribution in [2.45, 2.75) is 58.0 Å². The van der Waals surface area contributed by atoms with Gasteiger partial charge in [-0.25, -0.2) is 9.97 Å². The molecular formula is C14H23N3O. The van der Waals surface area contributed by atoms with Gasteiger partial charge < -0.3 is 10.5 Å². The number of aromatic nitrogens is 2. The van der Waals surface area contributed by atoms with Gasteiger partial charge >= 0.3 is 0 Å². The van der Waals surface area contributed by atoms with Crippen molar-refractivity contribution in [1.29, 1.82) is 0 Å². The Morgan fingerprint density at radius 2 is 2.00 bits per heavy atom. The molecule has 1 heterocycles. The molecule has 0 radical (unpaired) electrons. The minimum absolute atomic E-state index is 0.475. The van der Waals surface area contributed by atoms with Gasteiger partial charge in [-0.2, -0.15) is 0 Å². The van der Waals surface area contributed by atoms with E-state index in [0.29, 0.717) is 24.2 Å². The fourth-order valence-electron chi connectivity index (χ4n) is 2.61. The van der Waals surface area contributed by atoms with Gasteiger partial charge in [-0.3, -0.25) is 0 Å². The van der Waals surface area contributed by atoms with Crippen LogP contribution in [0.5, 0.6) is 0 Å². The van der Waals surface area contributed by atoms with E-state index in [1.54, 1.807) is 0 Å². The summed E-state index contributed by atoms with van der Waals surface area (Å²) in [6, 6.07) is 1.92. The molecule has 0 spiro atoms. The first-order valence-corrected chi connectivity index (χ1v) is 6.82. The molecular weight excluding hydrogens is 226 g/mol. The highest BCUT2D eigenvalue weighted by atomic mass is 16.5. The normalized spacial score (nSPS) is 17.3. The number of nitrogens with two attached hydrogens (primary N) is 1. The molecule has 0 aliphatic heterocycles. The molecule has 18 heavy (non-hydrogen) atoms. The van der Waals surface area contributed by atoms with Crippen LogP contribution in [0.3, 0.4) is 0 Å². The van der Waals surface area contributed by atoms with Crippen molar-refractivity contribution in [3.05, 3.63) is 17.6 Å². The lowest BCUT2D eigenvalue weighted by atomic mass is 10.0. The lowest BCUT2D eigenvalue weighted by molar-refractivity contribution is -0.0209. The molecule has 2 rings (SSSR count). The summed E-state index contributed by atoms with van der Waals surface area (Å²) in [4.78, 5) is 9.03. The van der Waals surface area contributed by atoms with E-state index < -0.39 is 5.60 Å². The summed E-state index contributed by atoms with van der Waals surface area (Å²) in [5.41, 5.74) is 6.52. The summed E-state index contributed by atoms with van der Waals surface area (Å²) < 4.78 is 5.71. The van der Waals surface area contributed by atoms with Gasteiger partial charge in [-0.1, -0.05) is 12.8 Å². The number of rotatable bonds is 4. The van der Waals surface area contributed by atoms with Gasteiger partial charge in [0.15, 0.2) is 5.82 Å². The molecule has 2 N–H and O–H groups in total. The van der Waals surface area contributed by atoms with Crippen LogP contribution >= 0.6 is 0 Å². The van der Waals surface area contributed by atoms with Crippen molar-refractivity contribution in [2.75, 3.05) is 12.3 Å². The molecule has 0 bridgehead atoms. The van der Waals surface area contributed by atoms with Crippen molar-refractivity contribution in [3.8, 4) is 0 Å². The second-order valence-corrected chi connectivity index (χ2v) is 5.47. The largest absolute Gasteiger partial charge is 0.384 e. The zero-order chi connectivity index (χ0) is 13.2. The van der Waals surface area contributed by atoms with Crippen LogP contribution in [0.4, 0.5) is 5.82 Å². The molecule has 1 aromatic heterocycles. The highest BCUT2D eigenvalue weighted by Crippen LogP contribution is 2.34. The molecule has 1 aliphatic carbocycles. The van der Waals surface area contributed by atoms with Crippen LogP contribution in [0.25, 0.3) is 0 Å². The predicted octanol–water partition coefficient (Wildman–Crippen LogP) is 2.99. The van der Waals surface area contributed by atoms with E-state index in [4.69, 9.17) is 10.5 Å². The lowest BCUT2D eigenvalue weighted by Gasteiger charge is -2.24. The standard InChI is InChI=1S/C14H23N3O/c1-4-18-14(2,3)13-16-11(9-12(15)17-13)10-7-5-6-8-10/h9-10H,4-8H2,1-3H3,(H2,15,16,17). The summed E-state index contributed by atoms with van der Waals surface area (Å²) in [6.45, 7) is 6.60. The third kappa shape index (κ3) is 2.80. The maximum absolute atomic E-state index is 5.91. The topological polar surface area (TPSA) is 61.0 Å². The van der Waals surface area contributed by atoms with E-state index in [9.17, 15) is 0 Å². The van der Waals surface area contributed by atoms with E-state index in [0.717, 1.165) is 5.69 Å². The van der Waals surface area contributed by atoms with Crippen LogP contribution < -0.4 is 5.73 Å². The first-order chi connectivity index (χ1) is 8.53. The van der Waals surface area contributed by atoms with Crippen molar-refractivity contribution in [2.24, 2.45) is 0 Å². The van der Waals surface area contributed by atoms with Gasteiger partial charge in [-0.05, 0) is 33.6 Å². The maximum Gasteiger partial charge on any atom is 0.162 e. The Kier molecular flexibility index (Phi) is 3.85. The predicted molar refractivity (Wildman–Crippen MR) is 72.3 cm³/mol. The van der Waals surface area contributed by atoms with E-state index in [1.165, 1.54) is 25.7 Å². The Bertz CT molecular complexity index is 412. The van der Waals surface area contributed by atoms with Gasteiger partial charge in [0.1, 0.15) is 11.4 Å². The highest BCUT2D eigenvalue weighted by molar-refractivity contribution is 5.32. The Hall–Kier alpha value is -1.16. The smallest absolute Gasteiger partial charge is 0.162 e. The van der Waals surface area contributed by atoms with Crippen LogP contribution in [-0.2, 0) is 10.3 Å². The Morgan fingerprint density at radius 1 is 1.33 bits per heavy atom. The number of nitrogen functional groups attached to an aromatic ring is 1. The second kappa shape index (κ2) is 5.22. The van der Waals surface area contributed by atoms with Gasteiger partial charge in [0.05, 0.1) is 0 Å². The molecule has 100 valence electrons. The minimum atomic E-state index is -0.475. The van der Waals surface area contributed by atoms with Crippen molar-refractivity contribution < 1.29 is 4.74 Å². The zero-order valence-electron chi connectivity index (χ0n) is 11.6. The molecule has 0 amide bonds. The molecule has 4 heteroatoms. The van der Waals surface area contributed by atoms with E-state index in [2.05, 4.69) is 9.97 Å². The van der Waals surface area contributed by atoms with Gasteiger partial charge in [0, 0.05) is 24.3 Å². The number of hydrogen-bond donors (Lipinski definition) is 1. The molecule has 1 saturated carbocycles. The molecule has 1 aromatic rings. The highest BCUT2D eigenvalue weighted by Gasteiger charge is 2.27. The molecule has 1 aliphatic rings. The summed E-state index contributed by atoms with van der Waals surface area (Å²) >= 11 is 0. The maximum atomic E-state index is 5.91. The van der Waals surface area contributed by atoms with Crippen LogP contribution in [0.15, 0.2) is 6.07 Å². The molecule has 1 fully saturated rings. The van der Waals surface area contributed by atoms with E-state index in [1.807, 2.05) is 26.8 Å². The molecule has 0 atom stereocenters. The van der Waals surface area contributed by atoms with Gasteiger partial charge in [0.25, 0.3) is 0 Å². The summed E-state index contributed by atoms with van der Waals surface area (Å²) in [5, 5.41) is 0. The fourth-order valence-corrected chi connectivity index (χ4v) is 2.61. The van der Waals surface area contributed by atoms with E-state index in [-0.39, 0.29) is 0 Å². The Labute approximate surface area is 109 Å². The average molecular weight is 249 g/mol. The van der Waals surface area contributed by atoms with Crippen LogP contribution in [0, 0.1) is 0 Å². The van der Waals surface area contributed by atoms with Crippen molar-refractivity contribution in [1.82, 2.24) is 9.97 Å². The summed E-state index contributed by atoms with van der Waals surface area (Å²) in [7, 11) is 0. The first-order valence-electron chi connectivity index (χ1n) is 6.82. The Morgan fingerprint density at radius 3 is 2.61 bits per heavy atom. The van der Waals surface area contributed by atoms with Crippen molar-refractivity contribution >= 4 is 5.82 Å². The number of ether oxygens (including phenoxy) is 1. The summed E-state index contributed by atoms with van der Waals surface area (Å²) in [5.74, 6) is 1.80. The molecule has 0 aromatic carbocycles. The van der Waals surface area contributed by atoms with Crippen molar-refractivity contribution in [3.63, 3.8) is 0 Å². The van der Waals surface area contributed by atoms with Gasteiger partial charge in [0.2, 0.25) is 0 Å². The Balaban J connectivity index is 2.31. The van der Waals surface area contributed by atoms with Crippen LogP contribution in [0.2, 0.25) is 0 Å². The minimum Gasteiger partial charge on any atom is -0.384 e. The first kappa shape index (κ1) is 13.3. The number of nitrogens with zero attached hydrogens (tertiary/aromatic N) is 2. The lowest BCUT2D eigenvalue weighted by Crippen LogP contribution is -2.26. The van der Waals surface area contributed by atoms with Crippen LogP contribution in [-0.4, -0.2) is 16.6 Å². The van der Waals surface area contributed by atoms with Gasteiger partial charge in [-0.15, -0.1) is 0 Å². The quantitative estimate of drug-likeness (QED) is 0.891. The SMILES string of the molecule is CCOC(C)(C)c1nc(N)cc(C2CCCC2)n1. The monoisotopic (exact) mass is 249 g/mol. The zero-order valence-corrected chi connectivity index (χ0v) is 11.6. The van der Waals surface area contributed by atoms with E-state index >= 15 is 0 Å². The third-order valence-electron chi connectivity index (χ3n) is 3.58. The third-order valence-corrected chi connectivity index (χ3v) is 3.58. The fraction of sp³-hybridized carbons (Fsp3) is 0.714. The second-order valence-electron chi connectivity index (χ2n) is 5.47. The van der Waals surface area contributed by atoms with Crippen LogP contribution in [0.1, 0.15) is 63.9 Å². The summed E-state index contributed by atoms with van der Waals surface area (Å²) in [6.07, 6.45) is 5.01. The molecule has 4 nitrogen and oxygen atoms in total. The number of anilines is 1. The molecule has 0 saturated heterocycles. The average Bonchev–Trinajstić information content (AvgIpc) is 2.81. The number of hydrogen-bond acceptors (Lipinski definition) is 4.